The van der Waals surface area contributed by atoms with Crippen LogP contribution in [0.5, 0.6) is 0 Å². The Labute approximate surface area is 334 Å². The molecule has 270 valence electrons. The lowest BCUT2D eigenvalue weighted by Gasteiger charge is -2.28. The molecule has 0 bridgehead atoms. The van der Waals surface area contributed by atoms with Gasteiger partial charge in [0.05, 0.1) is 11.0 Å². The Balaban J connectivity index is 1.13. The number of para-hydroxylation sites is 2. The Morgan fingerprint density at radius 2 is 0.877 bits per heavy atom. The quantitative estimate of drug-likeness (QED) is 0.144. The molecule has 0 aliphatic heterocycles. The molecule has 57 heavy (non-hydrogen) atoms. The van der Waals surface area contributed by atoms with E-state index < -0.39 is 0 Å². The maximum absolute atomic E-state index is 2.47. The Bertz CT molecular complexity index is 2950. The van der Waals surface area contributed by atoms with E-state index in [1.54, 1.807) is 0 Å². The normalized spacial score (nSPS) is 11.2. The molecule has 1 heterocycles. The molecule has 2 nitrogen and oxygen atoms in total. The summed E-state index contributed by atoms with van der Waals surface area (Å²) in [5, 5.41) is 2.51. The third-order valence-corrected chi connectivity index (χ3v) is 11.1. The highest BCUT2D eigenvalue weighted by molar-refractivity contribution is 6.15. The lowest BCUT2D eigenvalue weighted by molar-refractivity contribution is 0.978. The largest absolute Gasteiger partial charge is 0.337 e. The predicted molar refractivity (Wildman–Crippen MR) is 241 cm³/mol. The SMILES string of the molecule is c1ccc(-c2ccc(N(Cc3ccc(-c4ccccc4)cc3-c3ccccc3)c3cccc(-c4cccc5c4c4ccccc4n5-c4ccccc4)c3)cc2)cc1. The summed E-state index contributed by atoms with van der Waals surface area (Å²) in [6, 6.07) is 83.3. The van der Waals surface area contributed by atoms with Gasteiger partial charge in [0, 0.05) is 34.4 Å². The van der Waals surface area contributed by atoms with Crippen LogP contribution >= 0.6 is 0 Å². The van der Waals surface area contributed by atoms with Gasteiger partial charge in [0.25, 0.3) is 0 Å². The molecular weight excluding hydrogens is 689 g/mol. The highest BCUT2D eigenvalue weighted by Gasteiger charge is 2.19. The number of rotatable bonds is 9. The van der Waals surface area contributed by atoms with Crippen LogP contribution in [0.25, 0.3) is 72.0 Å². The van der Waals surface area contributed by atoms with Gasteiger partial charge in [-0.15, -0.1) is 0 Å². The first-order valence-corrected chi connectivity index (χ1v) is 19.6. The van der Waals surface area contributed by atoms with E-state index in [-0.39, 0.29) is 0 Å². The minimum absolute atomic E-state index is 0.685. The van der Waals surface area contributed by atoms with Gasteiger partial charge >= 0.3 is 0 Å². The molecule has 2 heteroatoms. The van der Waals surface area contributed by atoms with E-state index in [0.717, 1.165) is 17.1 Å². The minimum atomic E-state index is 0.685. The maximum atomic E-state index is 2.47. The van der Waals surface area contributed by atoms with Gasteiger partial charge in [-0.25, -0.2) is 0 Å². The maximum Gasteiger partial charge on any atom is 0.0547 e. The molecule has 1 aromatic heterocycles. The summed E-state index contributed by atoms with van der Waals surface area (Å²) in [5.41, 5.74) is 16.8. The van der Waals surface area contributed by atoms with Crippen LogP contribution in [0.15, 0.2) is 231 Å². The van der Waals surface area contributed by atoms with Crippen LogP contribution in [0.4, 0.5) is 11.4 Å². The van der Waals surface area contributed by atoms with Crippen LogP contribution in [-0.2, 0) is 6.54 Å². The van der Waals surface area contributed by atoms with Crippen molar-refractivity contribution in [2.75, 3.05) is 4.90 Å². The first-order chi connectivity index (χ1) is 28.3. The number of nitrogens with zero attached hydrogens (tertiary/aromatic N) is 2. The second-order valence-electron chi connectivity index (χ2n) is 14.5. The number of aromatic nitrogens is 1. The Kier molecular flexibility index (Phi) is 8.98. The summed E-state index contributed by atoms with van der Waals surface area (Å²) in [7, 11) is 0. The van der Waals surface area contributed by atoms with Gasteiger partial charge in [-0.2, -0.15) is 0 Å². The van der Waals surface area contributed by atoms with E-state index in [1.165, 1.54) is 71.9 Å². The number of hydrogen-bond acceptors (Lipinski definition) is 1. The zero-order chi connectivity index (χ0) is 38.0. The Hall–Kier alpha value is -7.42. The number of anilines is 2. The van der Waals surface area contributed by atoms with Crippen LogP contribution in [0.1, 0.15) is 5.56 Å². The topological polar surface area (TPSA) is 8.17 Å². The van der Waals surface area contributed by atoms with Gasteiger partial charge in [0.2, 0.25) is 0 Å². The molecule has 0 radical (unpaired) electrons. The molecule has 0 saturated carbocycles. The second-order valence-corrected chi connectivity index (χ2v) is 14.5. The third kappa shape index (κ3) is 6.58. The second kappa shape index (κ2) is 15.0. The minimum Gasteiger partial charge on any atom is -0.337 e. The lowest BCUT2D eigenvalue weighted by Crippen LogP contribution is -2.17. The molecule has 0 unspecified atom stereocenters. The summed E-state index contributed by atoms with van der Waals surface area (Å²) in [6.07, 6.45) is 0. The first kappa shape index (κ1) is 34.1. The van der Waals surface area contributed by atoms with Crippen LogP contribution in [0.3, 0.4) is 0 Å². The van der Waals surface area contributed by atoms with Crippen molar-refractivity contribution in [3.63, 3.8) is 0 Å². The average molecular weight is 729 g/mol. The first-order valence-electron chi connectivity index (χ1n) is 19.6. The van der Waals surface area contributed by atoms with Crippen LogP contribution in [0.2, 0.25) is 0 Å². The van der Waals surface area contributed by atoms with Gasteiger partial charge in [-0.1, -0.05) is 176 Å². The molecule has 0 fully saturated rings. The molecule has 0 spiro atoms. The van der Waals surface area contributed by atoms with Crippen LogP contribution < -0.4 is 4.90 Å². The van der Waals surface area contributed by atoms with Crippen molar-refractivity contribution in [2.45, 2.75) is 6.54 Å². The molecule has 0 N–H and O–H groups in total. The number of hydrogen-bond donors (Lipinski definition) is 0. The summed E-state index contributed by atoms with van der Waals surface area (Å²) in [5.74, 6) is 0. The van der Waals surface area contributed by atoms with Gasteiger partial charge in [0.15, 0.2) is 0 Å². The van der Waals surface area contributed by atoms with Crippen LogP contribution in [0, 0.1) is 0 Å². The van der Waals surface area contributed by atoms with Crippen molar-refractivity contribution in [1.82, 2.24) is 4.57 Å². The van der Waals surface area contributed by atoms with Crippen molar-refractivity contribution in [2.24, 2.45) is 0 Å². The summed E-state index contributed by atoms with van der Waals surface area (Å²) in [6.45, 7) is 0.685. The van der Waals surface area contributed by atoms with Crippen molar-refractivity contribution < 1.29 is 0 Å². The monoisotopic (exact) mass is 728 g/mol. The van der Waals surface area contributed by atoms with E-state index in [9.17, 15) is 0 Å². The summed E-state index contributed by atoms with van der Waals surface area (Å²) in [4.78, 5) is 2.47. The van der Waals surface area contributed by atoms with Crippen LogP contribution in [-0.4, -0.2) is 4.57 Å². The van der Waals surface area contributed by atoms with E-state index in [4.69, 9.17) is 0 Å². The van der Waals surface area contributed by atoms with Crippen molar-refractivity contribution >= 4 is 33.2 Å². The van der Waals surface area contributed by atoms with E-state index in [0.29, 0.717) is 6.54 Å². The molecule has 0 aliphatic carbocycles. The predicted octanol–water partition coefficient (Wildman–Crippen LogP) is 14.8. The van der Waals surface area contributed by atoms with Crippen molar-refractivity contribution in [3.8, 4) is 50.2 Å². The van der Waals surface area contributed by atoms with Gasteiger partial charge in [-0.3, -0.25) is 0 Å². The molecule has 0 atom stereocenters. The molecular formula is C55H40N2. The highest BCUT2D eigenvalue weighted by atomic mass is 15.1. The fourth-order valence-electron chi connectivity index (χ4n) is 8.33. The van der Waals surface area contributed by atoms with Gasteiger partial charge in [-0.05, 0) is 105 Å². The molecule has 10 rings (SSSR count). The third-order valence-electron chi connectivity index (χ3n) is 11.1. The fraction of sp³-hybridized carbons (Fsp3) is 0.0182. The van der Waals surface area contributed by atoms with Gasteiger partial charge < -0.3 is 9.47 Å². The highest BCUT2D eigenvalue weighted by Crippen LogP contribution is 2.41. The average Bonchev–Trinajstić information content (AvgIpc) is 3.64. The van der Waals surface area contributed by atoms with E-state index >= 15 is 0 Å². The summed E-state index contributed by atoms with van der Waals surface area (Å²) < 4.78 is 2.39. The van der Waals surface area contributed by atoms with Crippen molar-refractivity contribution in [3.05, 3.63) is 236 Å². The smallest absolute Gasteiger partial charge is 0.0547 e. The van der Waals surface area contributed by atoms with E-state index in [1.807, 2.05) is 0 Å². The fourth-order valence-corrected chi connectivity index (χ4v) is 8.33. The summed E-state index contributed by atoms with van der Waals surface area (Å²) >= 11 is 0. The van der Waals surface area contributed by atoms with Crippen molar-refractivity contribution in [1.29, 1.82) is 0 Å². The zero-order valence-electron chi connectivity index (χ0n) is 31.5. The van der Waals surface area contributed by atoms with Gasteiger partial charge in [0.1, 0.15) is 0 Å². The number of fused-ring (bicyclic) bond motifs is 3. The Morgan fingerprint density at radius 3 is 1.60 bits per heavy atom. The zero-order valence-corrected chi connectivity index (χ0v) is 31.5. The van der Waals surface area contributed by atoms with E-state index in [2.05, 4.69) is 240 Å². The standard InChI is InChI=1S/C55H40N2/c1-5-17-40(18-6-1)42-33-35-47(36-34-42)56(39-46-32-31-44(41-19-7-2-8-20-41)38-52(46)43-21-9-3-10-22-43)49-26-15-23-45(37-49)50-28-16-30-54-55(50)51-27-13-14-29-53(51)57(54)48-24-11-4-12-25-48/h1-38H,39H2. The molecule has 0 aliphatic rings. The molecule has 9 aromatic carbocycles. The molecule has 0 amide bonds. The Morgan fingerprint density at radius 1 is 0.333 bits per heavy atom. The molecule has 10 aromatic rings. The number of benzene rings is 9. The lowest BCUT2D eigenvalue weighted by atomic mass is 9.94. The molecule has 0 saturated heterocycles.